The zero-order chi connectivity index (χ0) is 16.5. The van der Waals surface area contributed by atoms with Gasteiger partial charge in [-0.25, -0.2) is 0 Å². The molecule has 22 heavy (non-hydrogen) atoms. The Morgan fingerprint density at radius 2 is 1.91 bits per heavy atom. The molecule has 0 heterocycles. The third-order valence-corrected chi connectivity index (χ3v) is 6.79. The molecule has 2 fully saturated rings. The molecule has 0 unspecified atom stereocenters. The van der Waals surface area contributed by atoms with Crippen LogP contribution in [0.2, 0.25) is 0 Å². The molecule has 0 aromatic rings. The molecular formula is C20H36O2. The molecule has 0 aromatic heterocycles. The molecule has 2 aliphatic rings. The summed E-state index contributed by atoms with van der Waals surface area (Å²) in [5.74, 6) is 1.79. The van der Waals surface area contributed by atoms with Crippen molar-refractivity contribution in [2.75, 3.05) is 6.61 Å². The summed E-state index contributed by atoms with van der Waals surface area (Å²) >= 11 is 0. The van der Waals surface area contributed by atoms with E-state index >= 15 is 0 Å². The maximum atomic E-state index is 10.5. The second-order valence-electron chi connectivity index (χ2n) is 9.05. The van der Waals surface area contributed by atoms with Gasteiger partial charge in [0, 0.05) is 6.61 Å². The van der Waals surface area contributed by atoms with E-state index in [4.69, 9.17) is 5.11 Å². The molecule has 0 aromatic carbocycles. The summed E-state index contributed by atoms with van der Waals surface area (Å²) in [6, 6.07) is 0. The van der Waals surface area contributed by atoms with Gasteiger partial charge in [-0.15, -0.1) is 0 Å². The number of hydrogen-bond acceptors (Lipinski definition) is 2. The highest BCUT2D eigenvalue weighted by Gasteiger charge is 2.54. The van der Waals surface area contributed by atoms with E-state index in [1.54, 1.807) is 0 Å². The van der Waals surface area contributed by atoms with Gasteiger partial charge >= 0.3 is 0 Å². The molecule has 0 spiro atoms. The maximum Gasteiger partial charge on any atom is 0.0551 e. The Kier molecular flexibility index (Phi) is 5.44. The van der Waals surface area contributed by atoms with E-state index in [1.165, 1.54) is 12.0 Å². The van der Waals surface area contributed by atoms with Crippen LogP contribution in [0, 0.1) is 28.6 Å². The van der Waals surface area contributed by atoms with Gasteiger partial charge in [0.25, 0.3) is 0 Å². The molecule has 2 saturated carbocycles. The first-order valence-electron chi connectivity index (χ1n) is 9.17. The van der Waals surface area contributed by atoms with Crippen molar-refractivity contribution in [1.82, 2.24) is 0 Å². The Morgan fingerprint density at radius 3 is 2.55 bits per heavy atom. The fourth-order valence-electron chi connectivity index (χ4n) is 5.79. The maximum absolute atomic E-state index is 10.5. The van der Waals surface area contributed by atoms with Gasteiger partial charge in [0.1, 0.15) is 0 Å². The van der Waals surface area contributed by atoms with Crippen LogP contribution in [0.25, 0.3) is 0 Å². The number of fused-ring (bicyclic) bond motifs is 1. The normalized spacial score (nSPS) is 39.4. The van der Waals surface area contributed by atoms with Crippen molar-refractivity contribution in [3.8, 4) is 0 Å². The predicted molar refractivity (Wildman–Crippen MR) is 92.6 cm³/mol. The Labute approximate surface area is 137 Å². The molecule has 5 atom stereocenters. The average Bonchev–Trinajstić information content (AvgIpc) is 2.35. The van der Waals surface area contributed by atoms with E-state index in [0.717, 1.165) is 38.5 Å². The van der Waals surface area contributed by atoms with Crippen LogP contribution >= 0.6 is 0 Å². The van der Waals surface area contributed by atoms with E-state index in [2.05, 4.69) is 34.3 Å². The Morgan fingerprint density at radius 1 is 1.23 bits per heavy atom. The average molecular weight is 309 g/mol. The van der Waals surface area contributed by atoms with Crippen LogP contribution in [0.15, 0.2) is 12.2 Å². The molecule has 2 rings (SSSR count). The van der Waals surface area contributed by atoms with E-state index in [0.29, 0.717) is 24.4 Å². The number of aliphatic hydroxyl groups is 2. The lowest BCUT2D eigenvalue weighted by Gasteiger charge is -2.59. The number of aliphatic hydroxyl groups excluding tert-OH is 2. The first kappa shape index (κ1) is 18.0. The largest absolute Gasteiger partial charge is 0.396 e. The van der Waals surface area contributed by atoms with Gasteiger partial charge in [-0.05, 0) is 67.1 Å². The summed E-state index contributed by atoms with van der Waals surface area (Å²) in [7, 11) is 0. The summed E-state index contributed by atoms with van der Waals surface area (Å²) in [5, 5.41) is 19.6. The molecule has 0 saturated heterocycles. The van der Waals surface area contributed by atoms with Gasteiger partial charge < -0.3 is 10.2 Å². The zero-order valence-electron chi connectivity index (χ0n) is 15.1. The van der Waals surface area contributed by atoms with Crippen LogP contribution in [0.4, 0.5) is 0 Å². The van der Waals surface area contributed by atoms with Gasteiger partial charge in [-0.3, -0.25) is 0 Å². The minimum absolute atomic E-state index is 0.167. The second kappa shape index (κ2) is 6.65. The quantitative estimate of drug-likeness (QED) is 0.731. The summed E-state index contributed by atoms with van der Waals surface area (Å²) in [5.41, 5.74) is 1.82. The summed E-state index contributed by atoms with van der Waals surface area (Å²) < 4.78 is 0. The summed E-state index contributed by atoms with van der Waals surface area (Å²) in [6.07, 6.45) is 7.30. The van der Waals surface area contributed by atoms with E-state index in [-0.39, 0.29) is 16.9 Å². The SMILES string of the molecule is C=C1CC[C@@H]2C(C)(C)C[C@@H](O)C[C@@]2(C)[C@@H]1CC[C@H](C)CCO. The van der Waals surface area contributed by atoms with Crippen LogP contribution in [0.5, 0.6) is 0 Å². The van der Waals surface area contributed by atoms with Gasteiger partial charge in [-0.1, -0.05) is 46.3 Å². The highest BCUT2D eigenvalue weighted by atomic mass is 16.3. The fourth-order valence-corrected chi connectivity index (χ4v) is 5.79. The van der Waals surface area contributed by atoms with Crippen molar-refractivity contribution in [1.29, 1.82) is 0 Å². The van der Waals surface area contributed by atoms with Crippen molar-refractivity contribution >= 4 is 0 Å². The standard InChI is InChI=1S/C20H36O2/c1-14(10-11-21)6-8-17-15(2)7-9-18-19(3,4)12-16(22)13-20(17,18)5/h14,16-18,21-22H,2,6-13H2,1,3-5H3/t14-,16+,17+,18+,20-/m0/s1. The minimum Gasteiger partial charge on any atom is -0.396 e. The van der Waals surface area contributed by atoms with E-state index in [1.807, 2.05) is 0 Å². The molecular weight excluding hydrogens is 272 g/mol. The van der Waals surface area contributed by atoms with Crippen LogP contribution in [0.1, 0.15) is 72.6 Å². The molecule has 0 bridgehead atoms. The first-order chi connectivity index (χ1) is 10.2. The third-order valence-electron chi connectivity index (χ3n) is 6.79. The van der Waals surface area contributed by atoms with Gasteiger partial charge in [0.2, 0.25) is 0 Å². The summed E-state index contributed by atoms with van der Waals surface area (Å²) in [4.78, 5) is 0. The fraction of sp³-hybridized carbons (Fsp3) is 0.900. The first-order valence-corrected chi connectivity index (χ1v) is 9.17. The van der Waals surface area contributed by atoms with E-state index in [9.17, 15) is 5.11 Å². The topological polar surface area (TPSA) is 40.5 Å². The Bertz CT molecular complexity index is 401. The van der Waals surface area contributed by atoms with Crippen molar-refractivity contribution in [2.45, 2.75) is 78.7 Å². The highest BCUT2D eigenvalue weighted by molar-refractivity contribution is 5.16. The van der Waals surface area contributed by atoms with Gasteiger partial charge in [0.05, 0.1) is 6.10 Å². The van der Waals surface area contributed by atoms with Crippen LogP contribution in [0.3, 0.4) is 0 Å². The lowest BCUT2D eigenvalue weighted by molar-refractivity contribution is -0.106. The molecule has 128 valence electrons. The molecule has 2 aliphatic carbocycles. The lowest BCUT2D eigenvalue weighted by atomic mass is 9.46. The van der Waals surface area contributed by atoms with Crippen molar-refractivity contribution in [3.63, 3.8) is 0 Å². The van der Waals surface area contributed by atoms with Crippen molar-refractivity contribution in [3.05, 3.63) is 12.2 Å². The van der Waals surface area contributed by atoms with Crippen molar-refractivity contribution in [2.24, 2.45) is 28.6 Å². The van der Waals surface area contributed by atoms with Crippen LogP contribution in [-0.4, -0.2) is 22.9 Å². The summed E-state index contributed by atoms with van der Waals surface area (Å²) in [6.45, 7) is 14.0. The van der Waals surface area contributed by atoms with E-state index < -0.39 is 0 Å². The molecule has 0 radical (unpaired) electrons. The second-order valence-corrected chi connectivity index (χ2v) is 9.05. The van der Waals surface area contributed by atoms with Gasteiger partial charge in [0.15, 0.2) is 0 Å². The Balaban J connectivity index is 2.17. The number of allylic oxidation sites excluding steroid dienone is 1. The molecule has 0 aliphatic heterocycles. The lowest BCUT2D eigenvalue weighted by Crippen LogP contribution is -2.53. The minimum atomic E-state index is -0.167. The molecule has 2 N–H and O–H groups in total. The van der Waals surface area contributed by atoms with Crippen LogP contribution < -0.4 is 0 Å². The van der Waals surface area contributed by atoms with Crippen molar-refractivity contribution < 1.29 is 10.2 Å². The number of rotatable bonds is 5. The smallest absolute Gasteiger partial charge is 0.0551 e. The third kappa shape index (κ3) is 3.43. The molecule has 0 amide bonds. The highest BCUT2D eigenvalue weighted by Crippen LogP contribution is 2.61. The monoisotopic (exact) mass is 308 g/mol. The molecule has 2 nitrogen and oxygen atoms in total. The number of hydrogen-bond donors (Lipinski definition) is 2. The van der Waals surface area contributed by atoms with Gasteiger partial charge in [-0.2, -0.15) is 0 Å². The molecule has 2 heteroatoms. The van der Waals surface area contributed by atoms with Crippen LogP contribution in [-0.2, 0) is 0 Å². The zero-order valence-corrected chi connectivity index (χ0v) is 15.1. The predicted octanol–water partition coefficient (Wildman–Crippen LogP) is 4.55. The Hall–Kier alpha value is -0.340.